The molecule has 2 rings (SSSR count). The highest BCUT2D eigenvalue weighted by molar-refractivity contribution is 5.91. The molecule has 1 amide bonds. The molecule has 0 radical (unpaired) electrons. The summed E-state index contributed by atoms with van der Waals surface area (Å²) in [4.78, 5) is 11.8. The van der Waals surface area contributed by atoms with Gasteiger partial charge in [-0.3, -0.25) is 4.79 Å². The lowest BCUT2D eigenvalue weighted by atomic mass is 10.2. The van der Waals surface area contributed by atoms with Crippen molar-refractivity contribution in [1.29, 1.82) is 0 Å². The molecule has 0 spiro atoms. The largest absolute Gasteiger partial charge is 0.489 e. The first-order valence-corrected chi connectivity index (χ1v) is 7.81. The standard InChI is InChI=1S/C18H19F3N2O2/c1-11(2)25-15-6-4-3-5-13(15)22-10-9-16(24)23-14-8-7-12(19)17(20)18(14)21/h3-8,11,22H,9-10H2,1-2H3,(H,23,24). The Balaban J connectivity index is 1.90. The normalized spacial score (nSPS) is 10.6. The van der Waals surface area contributed by atoms with Crippen molar-refractivity contribution in [3.63, 3.8) is 0 Å². The van der Waals surface area contributed by atoms with E-state index in [1.54, 1.807) is 6.07 Å². The van der Waals surface area contributed by atoms with Crippen LogP contribution >= 0.6 is 0 Å². The number of halogens is 3. The molecule has 0 saturated heterocycles. The number of para-hydroxylation sites is 2. The van der Waals surface area contributed by atoms with E-state index in [1.165, 1.54) is 0 Å². The third kappa shape index (κ3) is 5.14. The summed E-state index contributed by atoms with van der Waals surface area (Å²) in [6.45, 7) is 4.07. The van der Waals surface area contributed by atoms with Crippen LogP contribution in [0.25, 0.3) is 0 Å². The summed E-state index contributed by atoms with van der Waals surface area (Å²) >= 11 is 0. The molecule has 2 aromatic carbocycles. The zero-order valence-electron chi connectivity index (χ0n) is 13.9. The molecule has 25 heavy (non-hydrogen) atoms. The lowest BCUT2D eigenvalue weighted by Gasteiger charge is -2.15. The summed E-state index contributed by atoms with van der Waals surface area (Å²) in [5, 5.41) is 5.28. The highest BCUT2D eigenvalue weighted by Crippen LogP contribution is 2.25. The quantitative estimate of drug-likeness (QED) is 0.729. The zero-order valence-corrected chi connectivity index (χ0v) is 13.9. The number of rotatable bonds is 7. The van der Waals surface area contributed by atoms with Gasteiger partial charge in [0.25, 0.3) is 0 Å². The van der Waals surface area contributed by atoms with E-state index in [2.05, 4.69) is 10.6 Å². The average Bonchev–Trinajstić information content (AvgIpc) is 2.56. The maximum atomic E-state index is 13.5. The second-order valence-electron chi connectivity index (χ2n) is 5.61. The van der Waals surface area contributed by atoms with Crippen LogP contribution in [0.5, 0.6) is 5.75 Å². The Hall–Kier alpha value is -2.70. The van der Waals surface area contributed by atoms with Crippen LogP contribution in [0.3, 0.4) is 0 Å². The molecule has 0 aliphatic rings. The van der Waals surface area contributed by atoms with Crippen molar-refractivity contribution in [2.45, 2.75) is 26.4 Å². The molecule has 2 N–H and O–H groups in total. The van der Waals surface area contributed by atoms with Crippen molar-refractivity contribution in [1.82, 2.24) is 0 Å². The molecule has 0 atom stereocenters. The van der Waals surface area contributed by atoms with Crippen LogP contribution in [0.4, 0.5) is 24.5 Å². The molecule has 0 fully saturated rings. The number of anilines is 2. The molecule has 0 unspecified atom stereocenters. The maximum absolute atomic E-state index is 13.5. The fourth-order valence-corrected chi connectivity index (χ4v) is 2.12. The van der Waals surface area contributed by atoms with Crippen LogP contribution in [0.1, 0.15) is 20.3 Å². The van der Waals surface area contributed by atoms with Gasteiger partial charge in [-0.15, -0.1) is 0 Å². The Labute approximate surface area is 144 Å². The third-order valence-corrected chi connectivity index (χ3v) is 3.23. The van der Waals surface area contributed by atoms with Gasteiger partial charge in [-0.2, -0.15) is 0 Å². The van der Waals surface area contributed by atoms with Crippen molar-refractivity contribution in [3.05, 3.63) is 53.8 Å². The van der Waals surface area contributed by atoms with Crippen molar-refractivity contribution in [2.24, 2.45) is 0 Å². The van der Waals surface area contributed by atoms with Crippen molar-refractivity contribution in [2.75, 3.05) is 17.2 Å². The zero-order chi connectivity index (χ0) is 18.4. The van der Waals surface area contributed by atoms with Crippen LogP contribution in [0, 0.1) is 17.5 Å². The van der Waals surface area contributed by atoms with Crippen LogP contribution in [0.15, 0.2) is 36.4 Å². The monoisotopic (exact) mass is 352 g/mol. The number of nitrogens with one attached hydrogen (secondary N) is 2. The van der Waals surface area contributed by atoms with Crippen molar-refractivity contribution < 1.29 is 22.7 Å². The highest BCUT2D eigenvalue weighted by atomic mass is 19.2. The van der Waals surface area contributed by atoms with Crippen LogP contribution in [0.2, 0.25) is 0 Å². The van der Waals surface area contributed by atoms with Gasteiger partial charge in [-0.1, -0.05) is 12.1 Å². The summed E-state index contributed by atoms with van der Waals surface area (Å²) in [6.07, 6.45) is 0.0108. The lowest BCUT2D eigenvalue weighted by Crippen LogP contribution is -2.18. The van der Waals surface area contributed by atoms with E-state index in [-0.39, 0.29) is 19.1 Å². The molecular formula is C18H19F3N2O2. The van der Waals surface area contributed by atoms with E-state index in [0.29, 0.717) is 5.75 Å². The Bertz CT molecular complexity index is 751. The van der Waals surface area contributed by atoms with Gasteiger partial charge < -0.3 is 15.4 Å². The minimum atomic E-state index is -1.62. The van der Waals surface area contributed by atoms with Crippen molar-refractivity contribution >= 4 is 17.3 Å². The Morgan fingerprint density at radius 1 is 1.04 bits per heavy atom. The SMILES string of the molecule is CC(C)Oc1ccccc1NCCC(=O)Nc1ccc(F)c(F)c1F. The van der Waals surface area contributed by atoms with Gasteiger partial charge in [-0.05, 0) is 38.1 Å². The van der Waals surface area contributed by atoms with Gasteiger partial charge in [0.05, 0.1) is 17.5 Å². The summed E-state index contributed by atoms with van der Waals surface area (Å²) in [5.74, 6) is -4.21. The minimum Gasteiger partial charge on any atom is -0.489 e. The summed E-state index contributed by atoms with van der Waals surface area (Å²) in [6, 6.07) is 9.01. The van der Waals surface area contributed by atoms with Gasteiger partial charge in [0.1, 0.15) is 5.75 Å². The van der Waals surface area contributed by atoms with Gasteiger partial charge in [0, 0.05) is 13.0 Å². The predicted octanol–water partition coefficient (Wildman–Crippen LogP) is 4.33. The van der Waals surface area contributed by atoms with Crippen molar-refractivity contribution in [3.8, 4) is 5.75 Å². The number of carbonyl (C=O) groups excluding carboxylic acids is 1. The fraction of sp³-hybridized carbons (Fsp3) is 0.278. The van der Waals surface area contributed by atoms with E-state index >= 15 is 0 Å². The molecule has 0 aromatic heterocycles. The van der Waals surface area contributed by atoms with Gasteiger partial charge in [0.15, 0.2) is 17.5 Å². The van der Waals surface area contributed by atoms with E-state index < -0.39 is 29.0 Å². The molecule has 0 bridgehead atoms. The molecule has 0 aliphatic heterocycles. The minimum absolute atomic E-state index is 0.00240. The Kier molecular flexibility index (Phi) is 6.27. The lowest BCUT2D eigenvalue weighted by molar-refractivity contribution is -0.116. The molecule has 0 saturated carbocycles. The number of amides is 1. The topological polar surface area (TPSA) is 50.4 Å². The number of ether oxygens (including phenoxy) is 1. The van der Waals surface area contributed by atoms with Crippen LogP contribution in [-0.4, -0.2) is 18.6 Å². The smallest absolute Gasteiger partial charge is 0.226 e. The number of benzene rings is 2. The molecule has 0 aliphatic carbocycles. The van der Waals surface area contributed by atoms with Crippen LogP contribution in [-0.2, 0) is 4.79 Å². The van der Waals surface area contributed by atoms with E-state index in [0.717, 1.165) is 17.8 Å². The van der Waals surface area contributed by atoms with E-state index in [1.807, 2.05) is 32.0 Å². The summed E-state index contributed by atoms with van der Waals surface area (Å²) in [7, 11) is 0. The average molecular weight is 352 g/mol. The highest BCUT2D eigenvalue weighted by Gasteiger charge is 2.15. The second-order valence-corrected chi connectivity index (χ2v) is 5.61. The predicted molar refractivity (Wildman–Crippen MR) is 90.3 cm³/mol. The molecule has 0 heterocycles. The molecule has 7 heteroatoms. The summed E-state index contributed by atoms with van der Waals surface area (Å²) in [5.41, 5.74) is 0.329. The maximum Gasteiger partial charge on any atom is 0.226 e. The second kappa shape index (κ2) is 8.41. The van der Waals surface area contributed by atoms with E-state index in [9.17, 15) is 18.0 Å². The Morgan fingerprint density at radius 3 is 2.48 bits per heavy atom. The number of hydrogen-bond acceptors (Lipinski definition) is 3. The summed E-state index contributed by atoms with van der Waals surface area (Å²) < 4.78 is 45.2. The third-order valence-electron chi connectivity index (χ3n) is 3.23. The molecular weight excluding hydrogens is 333 g/mol. The van der Waals surface area contributed by atoms with Gasteiger partial charge in [0.2, 0.25) is 5.91 Å². The van der Waals surface area contributed by atoms with E-state index in [4.69, 9.17) is 4.74 Å². The number of hydrogen-bond donors (Lipinski definition) is 2. The fourth-order valence-electron chi connectivity index (χ4n) is 2.12. The van der Waals surface area contributed by atoms with Gasteiger partial charge in [-0.25, -0.2) is 13.2 Å². The van der Waals surface area contributed by atoms with Gasteiger partial charge >= 0.3 is 0 Å². The molecule has 134 valence electrons. The van der Waals surface area contributed by atoms with Crippen LogP contribution < -0.4 is 15.4 Å². The first kappa shape index (κ1) is 18.6. The molecule has 4 nitrogen and oxygen atoms in total. The Morgan fingerprint density at radius 2 is 1.76 bits per heavy atom. The molecule has 2 aromatic rings. The first-order valence-electron chi connectivity index (χ1n) is 7.81. The number of carbonyl (C=O) groups is 1. The first-order chi connectivity index (χ1) is 11.9.